The lowest BCUT2D eigenvalue weighted by atomic mass is 9.88. The van der Waals surface area contributed by atoms with Crippen LogP contribution in [0.3, 0.4) is 0 Å². The Hall–Kier alpha value is -0.0862. The average Bonchev–Trinajstić information content (AvgIpc) is 2.39. The second kappa shape index (κ2) is 7.96. The Kier molecular flexibility index (Phi) is 7.19. The van der Waals surface area contributed by atoms with Gasteiger partial charge >= 0.3 is 0 Å². The van der Waals surface area contributed by atoms with E-state index in [1.165, 1.54) is 37.8 Å². The second-order valence-electron chi connectivity index (χ2n) is 8.87. The maximum atomic E-state index is 3.96. The van der Waals surface area contributed by atoms with Crippen LogP contribution in [0.25, 0.3) is 0 Å². The van der Waals surface area contributed by atoms with E-state index in [0.717, 1.165) is 17.0 Å². The van der Waals surface area contributed by atoms with E-state index in [4.69, 9.17) is 0 Å². The SMILES string of the molecule is C=CC[Si](C)(C)C1CCC(/C=C\C[Si](C)(C)C(C)C)CC1. The minimum Gasteiger partial charge on any atom is -0.103 e. The van der Waals surface area contributed by atoms with Crippen molar-refractivity contribution in [3.63, 3.8) is 0 Å². The van der Waals surface area contributed by atoms with Crippen molar-refractivity contribution >= 4 is 16.1 Å². The summed E-state index contributed by atoms with van der Waals surface area (Å²) >= 11 is 0. The van der Waals surface area contributed by atoms with Crippen LogP contribution in [0, 0.1) is 5.92 Å². The lowest BCUT2D eigenvalue weighted by Gasteiger charge is -2.37. The molecule has 0 amide bonds. The molecule has 1 rings (SSSR count). The molecular formula is C19H38Si2. The molecule has 0 heterocycles. The molecule has 0 unspecified atom stereocenters. The molecule has 1 aliphatic carbocycles. The molecular weight excluding hydrogens is 284 g/mol. The van der Waals surface area contributed by atoms with Gasteiger partial charge in [0.15, 0.2) is 0 Å². The Bertz CT molecular complexity index is 345. The smallest absolute Gasteiger partial charge is 0.0542 e. The van der Waals surface area contributed by atoms with Crippen LogP contribution >= 0.6 is 0 Å². The van der Waals surface area contributed by atoms with Crippen molar-refractivity contribution in [1.29, 1.82) is 0 Å². The van der Waals surface area contributed by atoms with Crippen LogP contribution in [0.2, 0.25) is 49.4 Å². The molecule has 0 aliphatic heterocycles. The fourth-order valence-electron chi connectivity index (χ4n) is 3.43. The van der Waals surface area contributed by atoms with E-state index in [9.17, 15) is 0 Å². The monoisotopic (exact) mass is 322 g/mol. The van der Waals surface area contributed by atoms with E-state index in [0.29, 0.717) is 0 Å². The summed E-state index contributed by atoms with van der Waals surface area (Å²) in [6, 6.07) is 2.66. The molecule has 122 valence electrons. The molecule has 1 fully saturated rings. The van der Waals surface area contributed by atoms with E-state index in [1.807, 2.05) is 0 Å². The molecule has 0 radical (unpaired) electrons. The fraction of sp³-hybridized carbons (Fsp3) is 0.789. The zero-order valence-electron chi connectivity index (χ0n) is 15.4. The Morgan fingerprint density at radius 1 is 1.00 bits per heavy atom. The molecule has 0 aromatic heterocycles. The molecule has 2 heteroatoms. The van der Waals surface area contributed by atoms with Crippen molar-refractivity contribution in [2.75, 3.05) is 0 Å². The molecule has 1 aliphatic rings. The summed E-state index contributed by atoms with van der Waals surface area (Å²) in [4.78, 5) is 0. The quantitative estimate of drug-likeness (QED) is 0.346. The van der Waals surface area contributed by atoms with Gasteiger partial charge in [0.05, 0.1) is 16.1 Å². The van der Waals surface area contributed by atoms with Crippen molar-refractivity contribution in [2.45, 2.75) is 88.9 Å². The van der Waals surface area contributed by atoms with Crippen LogP contribution in [0.5, 0.6) is 0 Å². The lowest BCUT2D eigenvalue weighted by Crippen LogP contribution is -2.34. The molecule has 0 N–H and O–H groups in total. The molecule has 0 atom stereocenters. The summed E-state index contributed by atoms with van der Waals surface area (Å²) < 4.78 is 0. The van der Waals surface area contributed by atoms with Gasteiger partial charge in [0.25, 0.3) is 0 Å². The van der Waals surface area contributed by atoms with Gasteiger partial charge in [0, 0.05) is 0 Å². The Labute approximate surface area is 136 Å². The molecule has 0 aromatic rings. The summed E-state index contributed by atoms with van der Waals surface area (Å²) in [5.41, 5.74) is 1.92. The molecule has 0 bridgehead atoms. The average molecular weight is 323 g/mol. The summed E-state index contributed by atoms with van der Waals surface area (Å²) in [6.07, 6.45) is 13.0. The zero-order valence-corrected chi connectivity index (χ0v) is 17.4. The molecule has 0 nitrogen and oxygen atoms in total. The first-order valence-electron chi connectivity index (χ1n) is 8.96. The van der Waals surface area contributed by atoms with Crippen molar-refractivity contribution in [1.82, 2.24) is 0 Å². The van der Waals surface area contributed by atoms with Gasteiger partial charge in [-0.3, -0.25) is 0 Å². The van der Waals surface area contributed by atoms with Crippen LogP contribution < -0.4 is 0 Å². The number of hydrogen-bond donors (Lipinski definition) is 0. The maximum absolute atomic E-state index is 3.96. The van der Waals surface area contributed by atoms with Gasteiger partial charge in [-0.15, -0.1) is 6.58 Å². The van der Waals surface area contributed by atoms with Gasteiger partial charge < -0.3 is 0 Å². The fourth-order valence-corrected chi connectivity index (χ4v) is 7.62. The normalized spacial score (nSPS) is 24.7. The zero-order chi connectivity index (χ0) is 16.1. The van der Waals surface area contributed by atoms with Crippen molar-refractivity contribution < 1.29 is 0 Å². The van der Waals surface area contributed by atoms with Crippen LogP contribution in [0.15, 0.2) is 24.8 Å². The summed E-state index contributed by atoms with van der Waals surface area (Å²) in [5.74, 6) is 0.867. The third-order valence-corrected chi connectivity index (χ3v) is 14.7. The third kappa shape index (κ3) is 5.90. The van der Waals surface area contributed by atoms with Gasteiger partial charge in [-0.1, -0.05) is 76.6 Å². The number of rotatable bonds is 7. The lowest BCUT2D eigenvalue weighted by molar-refractivity contribution is 0.411. The third-order valence-electron chi connectivity index (χ3n) is 6.16. The molecule has 0 saturated heterocycles. The maximum Gasteiger partial charge on any atom is 0.0542 e. The first kappa shape index (κ1) is 19.0. The van der Waals surface area contributed by atoms with E-state index < -0.39 is 16.1 Å². The summed E-state index contributed by atoms with van der Waals surface area (Å²) in [7, 11) is -2.05. The van der Waals surface area contributed by atoms with E-state index in [1.54, 1.807) is 0 Å². The molecule has 1 saturated carbocycles. The molecule has 0 spiro atoms. The van der Waals surface area contributed by atoms with Gasteiger partial charge in [-0.2, -0.15) is 0 Å². The summed E-state index contributed by atoms with van der Waals surface area (Å²) in [6.45, 7) is 18.9. The Morgan fingerprint density at radius 3 is 2.05 bits per heavy atom. The summed E-state index contributed by atoms with van der Waals surface area (Å²) in [5, 5.41) is 0. The highest BCUT2D eigenvalue weighted by Gasteiger charge is 2.33. The van der Waals surface area contributed by atoms with Gasteiger partial charge in [-0.25, -0.2) is 0 Å². The van der Waals surface area contributed by atoms with Crippen molar-refractivity contribution in [2.24, 2.45) is 5.92 Å². The highest BCUT2D eigenvalue weighted by molar-refractivity contribution is 6.79. The van der Waals surface area contributed by atoms with E-state index in [-0.39, 0.29) is 0 Å². The van der Waals surface area contributed by atoms with Crippen molar-refractivity contribution in [3.8, 4) is 0 Å². The highest BCUT2D eigenvalue weighted by Crippen LogP contribution is 2.41. The predicted octanol–water partition coefficient (Wildman–Crippen LogP) is 7.12. The highest BCUT2D eigenvalue weighted by atomic mass is 28.3. The van der Waals surface area contributed by atoms with Crippen LogP contribution in [-0.4, -0.2) is 16.1 Å². The van der Waals surface area contributed by atoms with Crippen molar-refractivity contribution in [3.05, 3.63) is 24.8 Å². The minimum atomic E-state index is -1.04. The number of allylic oxidation sites excluding steroid dienone is 3. The van der Waals surface area contributed by atoms with E-state index in [2.05, 4.69) is 64.8 Å². The first-order chi connectivity index (χ1) is 9.69. The van der Waals surface area contributed by atoms with Gasteiger partial charge in [0.2, 0.25) is 0 Å². The van der Waals surface area contributed by atoms with Gasteiger partial charge in [-0.05, 0) is 36.4 Å². The number of hydrogen-bond acceptors (Lipinski definition) is 0. The molecule has 21 heavy (non-hydrogen) atoms. The Morgan fingerprint density at radius 2 is 1.57 bits per heavy atom. The van der Waals surface area contributed by atoms with Crippen LogP contribution in [0.1, 0.15) is 39.5 Å². The van der Waals surface area contributed by atoms with Gasteiger partial charge in [0.1, 0.15) is 0 Å². The largest absolute Gasteiger partial charge is 0.103 e. The minimum absolute atomic E-state index is 0.867. The topological polar surface area (TPSA) is 0 Å². The first-order valence-corrected chi connectivity index (χ1v) is 15.5. The Balaban J connectivity index is 2.42. The van der Waals surface area contributed by atoms with Crippen LogP contribution in [-0.2, 0) is 0 Å². The van der Waals surface area contributed by atoms with Crippen LogP contribution in [0.4, 0.5) is 0 Å². The second-order valence-corrected chi connectivity index (χ2v) is 19.6. The standard InChI is InChI=1S/C19H38Si2/c1-8-15-21(6,7)19-13-11-18(12-14-19)10-9-16-20(4,5)17(2)3/h8-10,17-19H,1,11-16H2,2-7H3/b10-9-. The van der Waals surface area contributed by atoms with E-state index >= 15 is 0 Å². The molecule has 0 aromatic carbocycles. The predicted molar refractivity (Wildman–Crippen MR) is 105 cm³/mol.